The number of rotatable bonds is 7. The molecule has 2 aliphatic carbocycles. The summed E-state index contributed by atoms with van der Waals surface area (Å²) in [4.78, 5) is 13.9. The zero-order valence-electron chi connectivity index (χ0n) is 11.7. The van der Waals surface area contributed by atoms with Crippen LogP contribution in [0.4, 0.5) is 0 Å². The fourth-order valence-corrected chi connectivity index (χ4v) is 3.54. The van der Waals surface area contributed by atoms with Crippen molar-refractivity contribution in [3.63, 3.8) is 0 Å². The van der Waals surface area contributed by atoms with Gasteiger partial charge in [-0.3, -0.25) is 4.79 Å². The number of carbonyl (C=O) groups excluding carboxylic acids is 1. The average molecular weight is 270 g/mol. The van der Waals surface area contributed by atoms with Crippen LogP contribution in [0.25, 0.3) is 0 Å². The predicted octanol–water partition coefficient (Wildman–Crippen LogP) is 2.28. The van der Waals surface area contributed by atoms with Gasteiger partial charge < -0.3 is 10.2 Å². The lowest BCUT2D eigenvalue weighted by Crippen LogP contribution is -2.44. The molecule has 3 unspecified atom stereocenters. The minimum absolute atomic E-state index is 0.110. The van der Waals surface area contributed by atoms with Crippen molar-refractivity contribution in [3.8, 4) is 0 Å². The van der Waals surface area contributed by atoms with Crippen LogP contribution >= 0.6 is 12.6 Å². The van der Waals surface area contributed by atoms with Gasteiger partial charge in [-0.2, -0.15) is 12.6 Å². The van der Waals surface area contributed by atoms with Gasteiger partial charge in [-0.15, -0.1) is 0 Å². The van der Waals surface area contributed by atoms with Crippen molar-refractivity contribution < 1.29 is 4.79 Å². The highest BCUT2D eigenvalue weighted by Gasteiger charge is 2.43. The molecule has 4 heteroatoms. The molecule has 2 saturated carbocycles. The highest BCUT2D eigenvalue weighted by Crippen LogP contribution is 2.45. The Kier molecular flexibility index (Phi) is 4.59. The molecule has 3 nitrogen and oxygen atoms in total. The van der Waals surface area contributed by atoms with Crippen molar-refractivity contribution in [2.24, 2.45) is 11.8 Å². The van der Waals surface area contributed by atoms with Gasteiger partial charge in [0, 0.05) is 19.0 Å². The van der Waals surface area contributed by atoms with Gasteiger partial charge in [0.25, 0.3) is 0 Å². The van der Waals surface area contributed by atoms with Crippen LogP contribution in [0.15, 0.2) is 0 Å². The first-order valence-corrected chi connectivity index (χ1v) is 7.70. The van der Waals surface area contributed by atoms with E-state index in [2.05, 4.69) is 12.2 Å². The van der Waals surface area contributed by atoms with E-state index in [1.807, 2.05) is 11.9 Å². The Morgan fingerprint density at radius 2 is 2.00 bits per heavy atom. The Bertz CT molecular complexity index is 302. The van der Waals surface area contributed by atoms with E-state index in [0.29, 0.717) is 18.0 Å². The Labute approximate surface area is 116 Å². The topological polar surface area (TPSA) is 32.3 Å². The monoisotopic (exact) mass is 270 g/mol. The van der Waals surface area contributed by atoms with Crippen LogP contribution in [0.2, 0.25) is 0 Å². The molecule has 2 fully saturated rings. The van der Waals surface area contributed by atoms with Crippen molar-refractivity contribution in [1.82, 2.24) is 10.2 Å². The largest absolute Gasteiger partial charge is 0.328 e. The van der Waals surface area contributed by atoms with E-state index in [1.165, 1.54) is 12.8 Å². The fourth-order valence-electron chi connectivity index (χ4n) is 2.83. The molecule has 0 aromatic rings. The molecule has 0 aromatic heterocycles. The summed E-state index contributed by atoms with van der Waals surface area (Å²) in [6, 6.07) is 0.967. The normalized spacial score (nSPS) is 24.4. The van der Waals surface area contributed by atoms with Gasteiger partial charge in [-0.1, -0.05) is 0 Å². The number of nitrogens with one attached hydrogen (secondary N) is 1. The molecule has 0 bridgehead atoms. The second kappa shape index (κ2) is 5.83. The highest BCUT2D eigenvalue weighted by atomic mass is 32.1. The maximum absolute atomic E-state index is 11.8. The summed E-state index contributed by atoms with van der Waals surface area (Å²) in [5.74, 6) is 1.52. The molecule has 2 rings (SSSR count). The predicted molar refractivity (Wildman–Crippen MR) is 77.7 cm³/mol. The molecular formula is C14H26N2OS. The van der Waals surface area contributed by atoms with Crippen molar-refractivity contribution in [2.45, 2.75) is 63.4 Å². The van der Waals surface area contributed by atoms with E-state index >= 15 is 0 Å². The third kappa shape index (κ3) is 3.41. The van der Waals surface area contributed by atoms with Crippen molar-refractivity contribution >= 4 is 18.5 Å². The Hall–Kier alpha value is -0.220. The Morgan fingerprint density at radius 1 is 1.39 bits per heavy atom. The number of amides is 1. The highest BCUT2D eigenvalue weighted by molar-refractivity contribution is 7.80. The minimum Gasteiger partial charge on any atom is -0.328 e. The van der Waals surface area contributed by atoms with Crippen LogP contribution in [0.1, 0.15) is 46.0 Å². The third-order valence-corrected chi connectivity index (χ3v) is 4.95. The summed E-state index contributed by atoms with van der Waals surface area (Å²) < 4.78 is 0. The molecule has 0 aliphatic heterocycles. The lowest BCUT2D eigenvalue weighted by Gasteiger charge is -2.35. The van der Waals surface area contributed by atoms with Crippen LogP contribution in [0.3, 0.4) is 0 Å². The molecule has 0 spiro atoms. The lowest BCUT2D eigenvalue weighted by molar-refractivity contribution is -0.131. The summed E-state index contributed by atoms with van der Waals surface area (Å²) in [6.07, 6.45) is 6.07. The van der Waals surface area contributed by atoms with E-state index in [-0.39, 0.29) is 11.3 Å². The number of carbonyl (C=O) groups is 1. The molecule has 1 amide bonds. The first-order valence-electron chi connectivity index (χ1n) is 7.18. The molecule has 0 radical (unpaired) electrons. The summed E-state index contributed by atoms with van der Waals surface area (Å²) in [6.45, 7) is 3.90. The quantitative estimate of drug-likeness (QED) is 0.549. The molecular weight excluding hydrogens is 244 g/mol. The number of thiol groups is 1. The van der Waals surface area contributed by atoms with Crippen molar-refractivity contribution in [2.75, 3.05) is 7.05 Å². The van der Waals surface area contributed by atoms with Gasteiger partial charge in [-0.25, -0.2) is 0 Å². The molecule has 0 saturated heterocycles. The minimum atomic E-state index is 0.110. The van der Waals surface area contributed by atoms with Crippen molar-refractivity contribution in [3.05, 3.63) is 0 Å². The van der Waals surface area contributed by atoms with Crippen LogP contribution < -0.4 is 5.32 Å². The van der Waals surface area contributed by atoms with Gasteiger partial charge in [0.05, 0.1) is 5.37 Å². The maximum atomic E-state index is 11.8. The molecule has 0 heterocycles. The first kappa shape index (κ1) is 14.2. The second-order valence-electron chi connectivity index (χ2n) is 6.00. The number of hydrogen-bond donors (Lipinski definition) is 2. The molecule has 1 N–H and O–H groups in total. The van der Waals surface area contributed by atoms with Gasteiger partial charge in [0.2, 0.25) is 5.91 Å². The van der Waals surface area contributed by atoms with Gasteiger partial charge in [-0.05, 0) is 57.9 Å². The van der Waals surface area contributed by atoms with Gasteiger partial charge in [0.1, 0.15) is 0 Å². The van der Waals surface area contributed by atoms with Crippen LogP contribution in [-0.2, 0) is 4.79 Å². The smallest absolute Gasteiger partial charge is 0.220 e. The third-order valence-electron chi connectivity index (χ3n) is 4.32. The molecule has 0 aromatic carbocycles. The van der Waals surface area contributed by atoms with E-state index in [0.717, 1.165) is 25.2 Å². The number of nitrogens with zero attached hydrogens (tertiary/aromatic N) is 1. The molecule has 18 heavy (non-hydrogen) atoms. The summed E-state index contributed by atoms with van der Waals surface area (Å²) in [5, 5.41) is 3.42. The van der Waals surface area contributed by atoms with E-state index < -0.39 is 0 Å². The average Bonchev–Trinajstić information content (AvgIpc) is 3.15. The Morgan fingerprint density at radius 3 is 2.39 bits per heavy atom. The molecule has 3 atom stereocenters. The molecule has 2 aliphatic rings. The summed E-state index contributed by atoms with van der Waals surface area (Å²) in [5.41, 5.74) is 0. The van der Waals surface area contributed by atoms with E-state index in [4.69, 9.17) is 12.6 Å². The van der Waals surface area contributed by atoms with E-state index in [1.54, 1.807) is 6.92 Å². The SMILES string of the molecule is CNC(C)CC(C1CC1)C(S)N(C(C)=O)C1CC1. The second-order valence-corrected chi connectivity index (χ2v) is 6.53. The Balaban J connectivity index is 2.01. The fraction of sp³-hybridized carbons (Fsp3) is 0.929. The zero-order valence-corrected chi connectivity index (χ0v) is 12.6. The standard InChI is InChI=1S/C14H26N2OS/c1-9(15-3)8-13(11-4-5-11)14(18)16(10(2)17)12-6-7-12/h9,11-15,18H,4-8H2,1-3H3. The zero-order chi connectivity index (χ0) is 13.3. The lowest BCUT2D eigenvalue weighted by atomic mass is 9.94. The van der Waals surface area contributed by atoms with Crippen LogP contribution in [-0.4, -0.2) is 35.3 Å². The molecule has 104 valence electrons. The van der Waals surface area contributed by atoms with Gasteiger partial charge >= 0.3 is 0 Å². The van der Waals surface area contributed by atoms with Crippen LogP contribution in [0.5, 0.6) is 0 Å². The maximum Gasteiger partial charge on any atom is 0.220 e. The van der Waals surface area contributed by atoms with E-state index in [9.17, 15) is 4.79 Å². The summed E-state index contributed by atoms with van der Waals surface area (Å²) >= 11 is 4.81. The number of hydrogen-bond acceptors (Lipinski definition) is 3. The van der Waals surface area contributed by atoms with Crippen LogP contribution in [0, 0.1) is 11.8 Å². The van der Waals surface area contributed by atoms with Gasteiger partial charge in [0.15, 0.2) is 0 Å². The van der Waals surface area contributed by atoms with Crippen molar-refractivity contribution in [1.29, 1.82) is 0 Å². The first-order chi connectivity index (χ1) is 8.54. The summed E-state index contributed by atoms with van der Waals surface area (Å²) in [7, 11) is 2.01.